The summed E-state index contributed by atoms with van der Waals surface area (Å²) < 4.78 is 36.2. The monoisotopic (exact) mass is 407 g/mol. The van der Waals surface area contributed by atoms with Crippen LogP contribution in [0.1, 0.15) is 48.6 Å². The van der Waals surface area contributed by atoms with Gasteiger partial charge >= 0.3 is 0 Å². The zero-order valence-corrected chi connectivity index (χ0v) is 17.5. The summed E-state index contributed by atoms with van der Waals surface area (Å²) in [6.45, 7) is 6.29. The molecule has 3 aliphatic rings. The SMILES string of the molecule is C/C=C/c1cc(F)c([C@@H]2C3=C(C[C@@H](C)N2CC2COC2)c2ccccc2C3)c(F)c1. The zero-order chi connectivity index (χ0) is 20.8. The Bertz CT molecular complexity index is 1010. The van der Waals surface area contributed by atoms with E-state index in [9.17, 15) is 0 Å². The number of rotatable bonds is 4. The van der Waals surface area contributed by atoms with Crippen LogP contribution in [-0.4, -0.2) is 30.7 Å². The number of nitrogens with zero attached hydrogens (tertiary/aromatic N) is 1. The summed E-state index contributed by atoms with van der Waals surface area (Å²) in [5.41, 5.74) is 5.70. The van der Waals surface area contributed by atoms with E-state index < -0.39 is 11.6 Å². The molecule has 1 aliphatic carbocycles. The molecule has 156 valence electrons. The standard InChI is InChI=1S/C26H27F2NO/c1-3-6-17-10-23(27)25(24(28)11-17)26-22-12-19-7-4-5-8-20(19)21(22)9-16(2)29(26)13-18-14-30-15-18/h3-8,10-11,16,18,26H,9,12-15H2,1-2H3/b6-3+/t16-,26+/m1/s1. The zero-order valence-electron chi connectivity index (χ0n) is 17.5. The highest BCUT2D eigenvalue weighted by Crippen LogP contribution is 2.49. The summed E-state index contributed by atoms with van der Waals surface area (Å²) in [5.74, 6) is -0.492. The minimum atomic E-state index is -0.458. The maximum absolute atomic E-state index is 15.4. The van der Waals surface area contributed by atoms with Crippen LogP contribution in [0.25, 0.3) is 11.6 Å². The molecule has 0 radical (unpaired) electrons. The van der Waals surface area contributed by atoms with Crippen molar-refractivity contribution in [2.45, 2.75) is 38.8 Å². The smallest absolute Gasteiger partial charge is 0.131 e. The van der Waals surface area contributed by atoms with Crippen LogP contribution in [0, 0.1) is 17.6 Å². The number of allylic oxidation sites excluding steroid dienone is 1. The van der Waals surface area contributed by atoms with Crippen molar-refractivity contribution in [3.63, 3.8) is 0 Å². The van der Waals surface area contributed by atoms with Crippen LogP contribution in [0.4, 0.5) is 8.78 Å². The number of ether oxygens (including phenoxy) is 1. The first-order valence-corrected chi connectivity index (χ1v) is 10.8. The van der Waals surface area contributed by atoms with Gasteiger partial charge < -0.3 is 4.74 Å². The molecule has 2 aromatic carbocycles. The van der Waals surface area contributed by atoms with Crippen LogP contribution in [0.2, 0.25) is 0 Å². The molecule has 0 unspecified atom stereocenters. The molecular weight excluding hydrogens is 380 g/mol. The summed E-state index contributed by atoms with van der Waals surface area (Å²) in [6, 6.07) is 11.1. The van der Waals surface area contributed by atoms with Gasteiger partial charge in [0.15, 0.2) is 0 Å². The predicted molar refractivity (Wildman–Crippen MR) is 116 cm³/mol. The second-order valence-electron chi connectivity index (χ2n) is 8.79. The van der Waals surface area contributed by atoms with Crippen molar-refractivity contribution < 1.29 is 13.5 Å². The van der Waals surface area contributed by atoms with Crippen LogP contribution in [0.5, 0.6) is 0 Å². The molecule has 5 rings (SSSR count). The van der Waals surface area contributed by atoms with E-state index in [1.54, 1.807) is 12.2 Å². The first-order chi connectivity index (χ1) is 14.6. The number of benzene rings is 2. The van der Waals surface area contributed by atoms with Crippen molar-refractivity contribution in [2.75, 3.05) is 19.8 Å². The quantitative estimate of drug-likeness (QED) is 0.636. The van der Waals surface area contributed by atoms with Crippen LogP contribution in [-0.2, 0) is 11.2 Å². The number of fused-ring (bicyclic) bond motifs is 2. The topological polar surface area (TPSA) is 12.5 Å². The van der Waals surface area contributed by atoms with E-state index in [4.69, 9.17) is 4.74 Å². The Morgan fingerprint density at radius 3 is 2.53 bits per heavy atom. The van der Waals surface area contributed by atoms with Crippen LogP contribution in [0.15, 0.2) is 48.0 Å². The van der Waals surface area contributed by atoms with Crippen LogP contribution in [0.3, 0.4) is 0 Å². The highest BCUT2D eigenvalue weighted by molar-refractivity contribution is 5.79. The molecule has 0 spiro atoms. The fourth-order valence-corrected chi connectivity index (χ4v) is 5.29. The molecule has 2 aromatic rings. The summed E-state index contributed by atoms with van der Waals surface area (Å²) in [5, 5.41) is 0. The van der Waals surface area contributed by atoms with Crippen LogP contribution >= 0.6 is 0 Å². The van der Waals surface area contributed by atoms with E-state index in [1.165, 1.54) is 28.8 Å². The van der Waals surface area contributed by atoms with E-state index >= 15 is 8.78 Å². The molecule has 1 saturated heterocycles. The average molecular weight is 408 g/mol. The third kappa shape index (κ3) is 3.23. The Morgan fingerprint density at radius 1 is 1.13 bits per heavy atom. The molecule has 0 amide bonds. The Hall–Kier alpha value is -2.30. The molecular formula is C26H27F2NO. The first kappa shape index (κ1) is 19.7. The van der Waals surface area contributed by atoms with E-state index in [0.717, 1.165) is 38.2 Å². The van der Waals surface area contributed by atoms with E-state index in [2.05, 4.69) is 30.0 Å². The molecule has 0 bridgehead atoms. The fourth-order valence-electron chi connectivity index (χ4n) is 5.29. The summed E-state index contributed by atoms with van der Waals surface area (Å²) in [6.07, 6.45) is 5.21. The minimum Gasteiger partial charge on any atom is -0.381 e. The summed E-state index contributed by atoms with van der Waals surface area (Å²) in [7, 11) is 0. The van der Waals surface area contributed by atoms with Crippen molar-refractivity contribution in [2.24, 2.45) is 5.92 Å². The van der Waals surface area contributed by atoms with Gasteiger partial charge in [-0.25, -0.2) is 8.78 Å². The normalized spacial score (nSPS) is 24.3. The molecule has 0 N–H and O–H groups in total. The van der Waals surface area contributed by atoms with Gasteiger partial charge in [-0.15, -0.1) is 0 Å². The van der Waals surface area contributed by atoms with Crippen molar-refractivity contribution in [1.29, 1.82) is 0 Å². The second-order valence-corrected chi connectivity index (χ2v) is 8.79. The molecule has 0 aromatic heterocycles. The van der Waals surface area contributed by atoms with Crippen molar-refractivity contribution in [3.05, 3.63) is 81.9 Å². The number of hydrogen-bond acceptors (Lipinski definition) is 2. The van der Waals surface area contributed by atoms with Crippen molar-refractivity contribution >= 4 is 11.6 Å². The third-order valence-corrected chi connectivity index (χ3v) is 6.75. The van der Waals surface area contributed by atoms with Gasteiger partial charge in [-0.05, 0) is 66.7 Å². The van der Waals surface area contributed by atoms with E-state index in [1.807, 2.05) is 13.0 Å². The van der Waals surface area contributed by atoms with Gasteiger partial charge in [-0.1, -0.05) is 36.4 Å². The molecule has 4 heteroatoms. The highest BCUT2D eigenvalue weighted by Gasteiger charge is 2.42. The molecule has 1 fully saturated rings. The maximum Gasteiger partial charge on any atom is 0.131 e. The molecule has 2 atom stereocenters. The molecule has 2 nitrogen and oxygen atoms in total. The van der Waals surface area contributed by atoms with Gasteiger partial charge in [0.2, 0.25) is 0 Å². The lowest BCUT2D eigenvalue weighted by molar-refractivity contribution is -0.0564. The maximum atomic E-state index is 15.4. The van der Waals surface area contributed by atoms with Gasteiger partial charge in [0.1, 0.15) is 11.6 Å². The molecule has 0 saturated carbocycles. The van der Waals surface area contributed by atoms with Gasteiger partial charge in [0.05, 0.1) is 19.3 Å². The van der Waals surface area contributed by atoms with Crippen molar-refractivity contribution in [1.82, 2.24) is 4.90 Å². The Balaban J connectivity index is 1.64. The number of halogens is 2. The predicted octanol–water partition coefficient (Wildman–Crippen LogP) is 5.79. The van der Waals surface area contributed by atoms with Gasteiger partial charge in [-0.2, -0.15) is 0 Å². The lowest BCUT2D eigenvalue weighted by Crippen LogP contribution is -2.47. The molecule has 2 aliphatic heterocycles. The Morgan fingerprint density at radius 2 is 1.87 bits per heavy atom. The van der Waals surface area contributed by atoms with Gasteiger partial charge in [-0.3, -0.25) is 4.90 Å². The third-order valence-electron chi connectivity index (χ3n) is 6.75. The largest absolute Gasteiger partial charge is 0.381 e. The molecule has 2 heterocycles. The summed E-state index contributed by atoms with van der Waals surface area (Å²) >= 11 is 0. The van der Waals surface area contributed by atoms with E-state index in [0.29, 0.717) is 11.5 Å². The fraction of sp³-hybridized carbons (Fsp3) is 0.385. The highest BCUT2D eigenvalue weighted by atomic mass is 19.1. The summed E-state index contributed by atoms with van der Waals surface area (Å²) in [4.78, 5) is 2.31. The number of hydrogen-bond donors (Lipinski definition) is 0. The Labute approximate surface area is 176 Å². The second kappa shape index (κ2) is 7.75. The lowest BCUT2D eigenvalue weighted by Gasteiger charge is -2.45. The Kier molecular flexibility index (Phi) is 5.08. The van der Waals surface area contributed by atoms with Crippen molar-refractivity contribution in [3.8, 4) is 0 Å². The molecule has 30 heavy (non-hydrogen) atoms. The van der Waals surface area contributed by atoms with E-state index in [-0.39, 0.29) is 17.6 Å². The lowest BCUT2D eigenvalue weighted by atomic mass is 9.83. The average Bonchev–Trinajstić information content (AvgIpc) is 3.04. The first-order valence-electron chi connectivity index (χ1n) is 10.8. The van der Waals surface area contributed by atoms with Gasteiger partial charge in [0, 0.05) is 24.1 Å². The van der Waals surface area contributed by atoms with Gasteiger partial charge in [0.25, 0.3) is 0 Å². The van der Waals surface area contributed by atoms with Crippen LogP contribution < -0.4 is 0 Å². The minimum absolute atomic E-state index is 0.190.